The molecule has 3 heterocycles. The van der Waals surface area contributed by atoms with Crippen molar-refractivity contribution in [1.82, 2.24) is 0 Å². The molecule has 0 unspecified atom stereocenters. The van der Waals surface area contributed by atoms with Crippen LogP contribution in [0.4, 0.5) is 0 Å². The van der Waals surface area contributed by atoms with Gasteiger partial charge in [0, 0.05) is 17.7 Å². The zero-order valence-corrected chi connectivity index (χ0v) is 22.3. The fourth-order valence-corrected chi connectivity index (χ4v) is 4.84. The Kier molecular flexibility index (Phi) is 8.41. The van der Waals surface area contributed by atoms with Crippen molar-refractivity contribution >= 4 is 11.0 Å². The highest BCUT2D eigenvalue weighted by atomic mass is 16.7. The van der Waals surface area contributed by atoms with Crippen LogP contribution in [-0.4, -0.2) is 119 Å². The first-order valence-corrected chi connectivity index (χ1v) is 13.0. The zero-order chi connectivity index (χ0) is 31.3. The molecule has 0 bridgehead atoms. The van der Waals surface area contributed by atoms with Crippen LogP contribution in [-0.2, 0) is 14.2 Å². The second-order valence-electron chi connectivity index (χ2n) is 10.3. The average Bonchev–Trinajstić information content (AvgIpc) is 2.96. The Morgan fingerprint density at radius 1 is 0.744 bits per heavy atom. The molecule has 0 spiro atoms. The van der Waals surface area contributed by atoms with Gasteiger partial charge in [0.1, 0.15) is 65.2 Å². The fourth-order valence-electron chi connectivity index (χ4n) is 4.84. The predicted molar refractivity (Wildman–Crippen MR) is 140 cm³/mol. The Morgan fingerprint density at radius 3 is 2.12 bits per heavy atom. The van der Waals surface area contributed by atoms with Gasteiger partial charge in [-0.15, -0.1) is 0 Å². The number of phenolic OH excluding ortho intramolecular Hbond substituents is 4. The van der Waals surface area contributed by atoms with Crippen LogP contribution < -0.4 is 10.2 Å². The molecule has 2 fully saturated rings. The molecule has 2 aliphatic rings. The second-order valence-corrected chi connectivity index (χ2v) is 10.3. The van der Waals surface area contributed by atoms with Crippen molar-refractivity contribution in [3.05, 3.63) is 40.6 Å². The van der Waals surface area contributed by atoms with Crippen molar-refractivity contribution in [2.75, 3.05) is 6.61 Å². The third-order valence-corrected chi connectivity index (χ3v) is 7.29. The zero-order valence-electron chi connectivity index (χ0n) is 22.3. The van der Waals surface area contributed by atoms with E-state index in [9.17, 15) is 55.9 Å². The van der Waals surface area contributed by atoms with Crippen LogP contribution >= 0.6 is 0 Å². The van der Waals surface area contributed by atoms with Crippen LogP contribution in [0.1, 0.15) is 6.92 Å². The maximum atomic E-state index is 13.6. The smallest absolute Gasteiger partial charge is 0.239 e. The number of hydrogen-bond donors (Lipinski definition) is 10. The number of aromatic hydroxyl groups is 4. The highest BCUT2D eigenvalue weighted by molar-refractivity contribution is 5.88. The summed E-state index contributed by atoms with van der Waals surface area (Å²) in [6.45, 7) is 0.818. The number of fused-ring (bicyclic) bond motifs is 1. The molecule has 1 aromatic heterocycles. The first kappa shape index (κ1) is 30.7. The molecule has 0 saturated carbocycles. The van der Waals surface area contributed by atoms with Crippen molar-refractivity contribution < 1.29 is 74.4 Å². The monoisotopic (exact) mass is 610 g/mol. The molecule has 10 atom stereocenters. The van der Waals surface area contributed by atoms with Crippen LogP contribution in [0.15, 0.2) is 39.5 Å². The third kappa shape index (κ3) is 5.67. The Bertz CT molecular complexity index is 1540. The number of aliphatic hydroxyl groups excluding tert-OH is 6. The van der Waals surface area contributed by atoms with E-state index in [0.717, 1.165) is 24.3 Å². The van der Waals surface area contributed by atoms with E-state index in [1.54, 1.807) is 0 Å². The van der Waals surface area contributed by atoms with Gasteiger partial charge in [-0.2, -0.15) is 0 Å². The quantitative estimate of drug-likeness (QED) is 0.140. The van der Waals surface area contributed by atoms with Crippen LogP contribution in [0.5, 0.6) is 28.7 Å². The summed E-state index contributed by atoms with van der Waals surface area (Å²) in [5, 5.41) is 101. The number of rotatable bonds is 6. The largest absolute Gasteiger partial charge is 0.508 e. The minimum Gasteiger partial charge on any atom is -0.508 e. The Hall–Kier alpha value is -3.71. The second kappa shape index (κ2) is 11.8. The van der Waals surface area contributed by atoms with Gasteiger partial charge >= 0.3 is 0 Å². The lowest BCUT2D eigenvalue weighted by molar-refractivity contribution is -0.318. The molecule has 234 valence electrons. The normalized spacial score (nSPS) is 33.0. The third-order valence-electron chi connectivity index (χ3n) is 7.29. The molecule has 16 nitrogen and oxygen atoms in total. The molecule has 5 rings (SSSR count). The van der Waals surface area contributed by atoms with E-state index in [1.807, 2.05) is 0 Å². The lowest BCUT2D eigenvalue weighted by Crippen LogP contribution is -2.61. The van der Waals surface area contributed by atoms with Crippen molar-refractivity contribution in [3.63, 3.8) is 0 Å². The molecule has 2 saturated heterocycles. The van der Waals surface area contributed by atoms with Crippen LogP contribution in [0.2, 0.25) is 0 Å². The Balaban J connectivity index is 1.48. The lowest BCUT2D eigenvalue weighted by atomic mass is 9.98. The summed E-state index contributed by atoms with van der Waals surface area (Å²) >= 11 is 0. The molecule has 0 radical (unpaired) electrons. The van der Waals surface area contributed by atoms with Gasteiger partial charge in [-0.3, -0.25) is 4.79 Å². The van der Waals surface area contributed by atoms with E-state index < -0.39 is 113 Å². The highest BCUT2D eigenvalue weighted by Crippen LogP contribution is 2.39. The minimum absolute atomic E-state index is 0.0313. The van der Waals surface area contributed by atoms with E-state index in [4.69, 9.17) is 23.4 Å². The molecule has 43 heavy (non-hydrogen) atoms. The number of ether oxygens (including phenoxy) is 4. The van der Waals surface area contributed by atoms with Gasteiger partial charge in [-0.25, -0.2) is 0 Å². The van der Waals surface area contributed by atoms with Crippen molar-refractivity contribution in [1.29, 1.82) is 0 Å². The molecule has 2 aliphatic heterocycles. The average molecular weight is 611 g/mol. The SMILES string of the molecule is C[C@@H]1O[C@@H](OC[C@@H]2O[C@@H](Oc3c(-c4ccc(O)c(O)c4)oc4cc(O)cc(O)c4c3=O)[C@H](O)[C@@H](O)[C@@H]2O)[C@H](O)[C@@H](O)[C@@H]1O. The maximum Gasteiger partial charge on any atom is 0.239 e. The number of aliphatic hydroxyl groups is 6. The standard InChI is InChI=1S/C27H30O16/c1-8-17(32)20(35)22(37)26(40-8)39-7-15-18(33)21(36)23(38)27(42-15)43-25-19(34)16-13(31)5-10(28)6-14(16)41-24(25)9-2-3-11(29)12(30)4-9/h2-6,8,15,17-18,20-23,26-33,35-38H,7H2,1H3/t8-,15-,17+,18+,20-,21-,22+,23+,26+,27-/m0/s1. The van der Waals surface area contributed by atoms with Gasteiger partial charge in [-0.05, 0) is 25.1 Å². The Morgan fingerprint density at radius 2 is 1.42 bits per heavy atom. The predicted octanol–water partition coefficient (Wildman–Crippen LogP) is -1.69. The topological polar surface area (TPSA) is 269 Å². The molecule has 2 aromatic carbocycles. The first-order chi connectivity index (χ1) is 20.3. The minimum atomic E-state index is -1.97. The van der Waals surface area contributed by atoms with Gasteiger partial charge in [0.05, 0.1) is 12.7 Å². The number of hydrogen-bond acceptors (Lipinski definition) is 16. The van der Waals surface area contributed by atoms with Crippen LogP contribution in [0.3, 0.4) is 0 Å². The van der Waals surface area contributed by atoms with Gasteiger partial charge in [0.2, 0.25) is 17.5 Å². The number of phenols is 4. The summed E-state index contributed by atoms with van der Waals surface area (Å²) in [5.41, 5.74) is -1.35. The summed E-state index contributed by atoms with van der Waals surface area (Å²) in [6.07, 6.45) is -16.2. The number of benzene rings is 2. The summed E-state index contributed by atoms with van der Waals surface area (Å²) in [6, 6.07) is 5.24. The first-order valence-electron chi connectivity index (χ1n) is 13.0. The maximum absolute atomic E-state index is 13.6. The summed E-state index contributed by atoms with van der Waals surface area (Å²) in [4.78, 5) is 13.6. The van der Waals surface area contributed by atoms with E-state index in [1.165, 1.54) is 13.0 Å². The van der Waals surface area contributed by atoms with Crippen LogP contribution in [0, 0.1) is 0 Å². The summed E-state index contributed by atoms with van der Waals surface area (Å²) in [5.74, 6) is -3.33. The van der Waals surface area contributed by atoms with Gasteiger partial charge < -0.3 is 74.4 Å². The molecule has 0 amide bonds. The van der Waals surface area contributed by atoms with E-state index in [-0.39, 0.29) is 11.1 Å². The fraction of sp³-hybridized carbons (Fsp3) is 0.444. The van der Waals surface area contributed by atoms with Gasteiger partial charge in [-0.1, -0.05) is 0 Å². The van der Waals surface area contributed by atoms with Gasteiger partial charge in [0.25, 0.3) is 0 Å². The van der Waals surface area contributed by atoms with Crippen molar-refractivity contribution in [2.45, 2.75) is 68.3 Å². The van der Waals surface area contributed by atoms with E-state index in [2.05, 4.69) is 0 Å². The summed E-state index contributed by atoms with van der Waals surface area (Å²) in [7, 11) is 0. The molecule has 10 N–H and O–H groups in total. The molecule has 3 aromatic rings. The van der Waals surface area contributed by atoms with Crippen LogP contribution in [0.25, 0.3) is 22.3 Å². The molecular weight excluding hydrogens is 580 g/mol. The van der Waals surface area contributed by atoms with E-state index >= 15 is 0 Å². The molecular formula is C27H30O16. The molecule has 0 aliphatic carbocycles. The van der Waals surface area contributed by atoms with Gasteiger partial charge in [0.15, 0.2) is 23.5 Å². The molecule has 16 heteroatoms. The highest BCUT2D eigenvalue weighted by Gasteiger charge is 2.47. The lowest BCUT2D eigenvalue weighted by Gasteiger charge is -2.42. The van der Waals surface area contributed by atoms with Crippen molar-refractivity contribution in [2.24, 2.45) is 0 Å². The Labute approximate surface area is 241 Å². The summed E-state index contributed by atoms with van der Waals surface area (Å²) < 4.78 is 27.8. The van der Waals surface area contributed by atoms with E-state index in [0.29, 0.717) is 0 Å². The van der Waals surface area contributed by atoms with Crippen molar-refractivity contribution in [3.8, 4) is 40.1 Å².